The highest BCUT2D eigenvalue weighted by molar-refractivity contribution is 7.92. The molecule has 2 aromatic heterocycles. The molecule has 0 bridgehead atoms. The molecule has 0 spiro atoms. The second-order valence-electron chi connectivity index (χ2n) is 6.24. The molecule has 27 heavy (non-hydrogen) atoms. The Labute approximate surface area is 158 Å². The fourth-order valence-electron chi connectivity index (χ4n) is 2.51. The number of hydrogen-bond acceptors (Lipinski definition) is 5. The molecular formula is C19H20N4O3S. The Balaban J connectivity index is 1.72. The van der Waals surface area contributed by atoms with E-state index in [9.17, 15) is 13.2 Å². The Morgan fingerprint density at radius 1 is 1.11 bits per heavy atom. The average molecular weight is 384 g/mol. The van der Waals surface area contributed by atoms with Crippen molar-refractivity contribution in [2.45, 2.75) is 30.5 Å². The summed E-state index contributed by atoms with van der Waals surface area (Å²) in [5, 5.41) is 6.48. The predicted molar refractivity (Wildman–Crippen MR) is 101 cm³/mol. The van der Waals surface area contributed by atoms with Gasteiger partial charge in [-0.3, -0.25) is 4.79 Å². The molecule has 2 heterocycles. The van der Waals surface area contributed by atoms with Crippen molar-refractivity contribution in [2.24, 2.45) is 0 Å². The Morgan fingerprint density at radius 2 is 1.85 bits per heavy atom. The van der Waals surface area contributed by atoms with E-state index in [-0.39, 0.29) is 17.3 Å². The van der Waals surface area contributed by atoms with Crippen LogP contribution in [0, 0.1) is 0 Å². The molecule has 1 amide bonds. The van der Waals surface area contributed by atoms with Gasteiger partial charge in [0.15, 0.2) is 15.7 Å². The number of nitrogens with zero attached hydrogens (tertiary/aromatic N) is 3. The average Bonchev–Trinajstić information content (AvgIpc) is 3.21. The van der Waals surface area contributed by atoms with Gasteiger partial charge in [-0.2, -0.15) is 5.10 Å². The summed E-state index contributed by atoms with van der Waals surface area (Å²) in [5.74, 6) is 0.347. The summed E-state index contributed by atoms with van der Waals surface area (Å²) in [6.07, 6.45) is 5.10. The Hall–Kier alpha value is -3.00. The number of sulfone groups is 1. The normalized spacial score (nSPS) is 11.5. The van der Waals surface area contributed by atoms with Crippen LogP contribution < -0.4 is 5.32 Å². The number of carbonyl (C=O) groups excluding carboxylic acids is 1. The lowest BCUT2D eigenvalue weighted by Gasteiger charge is -2.11. The van der Waals surface area contributed by atoms with Gasteiger partial charge in [-0.25, -0.2) is 18.1 Å². The SMILES string of the molecule is CC(C)S(=O)(=O)c1ccc(C(=O)NCc2cccnc2-n2cccn2)cc1. The number of hydrogen-bond donors (Lipinski definition) is 1. The van der Waals surface area contributed by atoms with Gasteiger partial charge >= 0.3 is 0 Å². The van der Waals surface area contributed by atoms with Gasteiger partial charge in [0.05, 0.1) is 10.1 Å². The Bertz CT molecular complexity index is 1030. The molecule has 0 saturated carbocycles. The minimum Gasteiger partial charge on any atom is -0.348 e. The van der Waals surface area contributed by atoms with Crippen molar-refractivity contribution in [1.82, 2.24) is 20.1 Å². The first kappa shape index (κ1) is 18.8. The predicted octanol–water partition coefficient (Wildman–Crippen LogP) is 2.38. The third-order valence-electron chi connectivity index (χ3n) is 4.09. The Kier molecular flexibility index (Phi) is 5.36. The van der Waals surface area contributed by atoms with Gasteiger partial charge in [0.25, 0.3) is 5.91 Å². The van der Waals surface area contributed by atoms with Crippen LogP contribution in [0.3, 0.4) is 0 Å². The number of carbonyl (C=O) groups is 1. The van der Waals surface area contributed by atoms with Crippen molar-refractivity contribution in [1.29, 1.82) is 0 Å². The minimum absolute atomic E-state index is 0.210. The molecule has 7 nitrogen and oxygen atoms in total. The first-order chi connectivity index (χ1) is 12.9. The molecule has 0 fully saturated rings. The fraction of sp³-hybridized carbons (Fsp3) is 0.211. The largest absolute Gasteiger partial charge is 0.348 e. The number of benzene rings is 1. The zero-order valence-electron chi connectivity index (χ0n) is 15.0. The van der Waals surface area contributed by atoms with Crippen LogP contribution in [0.15, 0.2) is 66.0 Å². The lowest BCUT2D eigenvalue weighted by molar-refractivity contribution is 0.0951. The van der Waals surface area contributed by atoms with E-state index in [0.29, 0.717) is 11.4 Å². The van der Waals surface area contributed by atoms with E-state index >= 15 is 0 Å². The highest BCUT2D eigenvalue weighted by Crippen LogP contribution is 2.17. The summed E-state index contributed by atoms with van der Waals surface area (Å²) < 4.78 is 25.9. The quantitative estimate of drug-likeness (QED) is 0.704. The van der Waals surface area contributed by atoms with Crippen LogP contribution in [0.25, 0.3) is 5.82 Å². The molecule has 8 heteroatoms. The molecule has 0 aliphatic carbocycles. The van der Waals surface area contributed by atoms with Crippen LogP contribution >= 0.6 is 0 Å². The summed E-state index contributed by atoms with van der Waals surface area (Å²) >= 11 is 0. The minimum atomic E-state index is -3.36. The van der Waals surface area contributed by atoms with Gasteiger partial charge in [-0.15, -0.1) is 0 Å². The summed E-state index contributed by atoms with van der Waals surface area (Å²) in [5.41, 5.74) is 1.20. The van der Waals surface area contributed by atoms with Gasteiger partial charge in [0.2, 0.25) is 0 Å². The lowest BCUT2D eigenvalue weighted by Crippen LogP contribution is -2.24. The third-order valence-corrected chi connectivity index (χ3v) is 6.26. The van der Waals surface area contributed by atoms with E-state index < -0.39 is 15.1 Å². The number of rotatable bonds is 6. The molecule has 1 N–H and O–H groups in total. The first-order valence-corrected chi connectivity index (χ1v) is 10.0. The monoisotopic (exact) mass is 384 g/mol. The highest BCUT2D eigenvalue weighted by Gasteiger charge is 2.19. The van der Waals surface area contributed by atoms with Gasteiger partial charge in [-0.05, 0) is 50.2 Å². The van der Waals surface area contributed by atoms with E-state index in [0.717, 1.165) is 5.56 Å². The van der Waals surface area contributed by atoms with Crippen molar-refractivity contribution < 1.29 is 13.2 Å². The molecule has 1 aromatic carbocycles. The van der Waals surface area contributed by atoms with Crippen molar-refractivity contribution in [3.05, 3.63) is 72.2 Å². The number of amides is 1. The van der Waals surface area contributed by atoms with E-state index in [1.165, 1.54) is 24.3 Å². The lowest BCUT2D eigenvalue weighted by atomic mass is 10.2. The number of aromatic nitrogens is 3. The molecule has 140 valence electrons. The zero-order chi connectivity index (χ0) is 19.4. The van der Waals surface area contributed by atoms with Gasteiger partial charge < -0.3 is 5.32 Å². The number of nitrogens with one attached hydrogen (secondary N) is 1. The highest BCUT2D eigenvalue weighted by atomic mass is 32.2. The summed E-state index contributed by atoms with van der Waals surface area (Å²) in [6.45, 7) is 3.52. The molecule has 0 saturated heterocycles. The van der Waals surface area contributed by atoms with Crippen molar-refractivity contribution in [3.8, 4) is 5.82 Å². The maximum atomic E-state index is 12.4. The molecule has 0 atom stereocenters. The van der Waals surface area contributed by atoms with Crippen molar-refractivity contribution in [3.63, 3.8) is 0 Å². The second kappa shape index (κ2) is 7.71. The smallest absolute Gasteiger partial charge is 0.251 e. The van der Waals surface area contributed by atoms with Crippen LogP contribution in [0.5, 0.6) is 0 Å². The van der Waals surface area contributed by atoms with Gasteiger partial charge in [0, 0.05) is 36.3 Å². The van der Waals surface area contributed by atoms with Crippen LogP contribution in [-0.2, 0) is 16.4 Å². The molecule has 0 aliphatic heterocycles. The zero-order valence-corrected chi connectivity index (χ0v) is 15.8. The second-order valence-corrected chi connectivity index (χ2v) is 8.74. The van der Waals surface area contributed by atoms with E-state index in [1.807, 2.05) is 6.07 Å². The molecule has 3 rings (SSSR count). The number of pyridine rings is 1. The maximum absolute atomic E-state index is 12.4. The molecule has 0 unspecified atom stereocenters. The summed E-state index contributed by atoms with van der Waals surface area (Å²) in [4.78, 5) is 16.9. The van der Waals surface area contributed by atoms with E-state index in [2.05, 4.69) is 15.4 Å². The van der Waals surface area contributed by atoms with Crippen LogP contribution in [0.1, 0.15) is 29.8 Å². The van der Waals surface area contributed by atoms with Crippen LogP contribution in [-0.4, -0.2) is 34.3 Å². The van der Waals surface area contributed by atoms with Crippen molar-refractivity contribution in [2.75, 3.05) is 0 Å². The van der Waals surface area contributed by atoms with E-state index in [1.54, 1.807) is 49.3 Å². The van der Waals surface area contributed by atoms with Crippen LogP contribution in [0.4, 0.5) is 0 Å². The topological polar surface area (TPSA) is 94.0 Å². The van der Waals surface area contributed by atoms with Gasteiger partial charge in [-0.1, -0.05) is 6.07 Å². The van der Waals surface area contributed by atoms with Gasteiger partial charge in [0.1, 0.15) is 0 Å². The molecule has 0 aliphatic rings. The van der Waals surface area contributed by atoms with Crippen LogP contribution in [0.2, 0.25) is 0 Å². The summed E-state index contributed by atoms with van der Waals surface area (Å²) in [6, 6.07) is 11.4. The summed E-state index contributed by atoms with van der Waals surface area (Å²) in [7, 11) is -3.36. The molecule has 0 radical (unpaired) electrons. The first-order valence-electron chi connectivity index (χ1n) is 8.45. The van der Waals surface area contributed by atoms with E-state index in [4.69, 9.17) is 0 Å². The molecule has 3 aromatic rings. The maximum Gasteiger partial charge on any atom is 0.251 e. The van der Waals surface area contributed by atoms with Crippen molar-refractivity contribution >= 4 is 15.7 Å². The molecular weight excluding hydrogens is 364 g/mol. The fourth-order valence-corrected chi connectivity index (χ4v) is 3.57. The third kappa shape index (κ3) is 4.06. The standard InChI is InChI=1S/C19H20N4O3S/c1-14(2)27(25,26)17-8-6-15(7-9-17)19(24)21-13-16-5-3-10-20-18(16)23-12-4-11-22-23/h3-12,14H,13H2,1-2H3,(H,21,24). The Morgan fingerprint density at radius 3 is 2.48 bits per heavy atom.